The summed E-state index contributed by atoms with van der Waals surface area (Å²) in [5, 5.41) is 6.21. The van der Waals surface area contributed by atoms with Crippen molar-refractivity contribution in [2.75, 3.05) is 5.32 Å². The Morgan fingerprint density at radius 2 is 1.95 bits per heavy atom. The molecular formula is C17H20N4O. The summed E-state index contributed by atoms with van der Waals surface area (Å²) in [4.78, 5) is 20.8. The SMILES string of the molecule is Cc1cc(C(=O)NC2CC2)nc(NC(C)c2ccccc2)n1. The van der Waals surface area contributed by atoms with Crippen molar-refractivity contribution in [3.63, 3.8) is 0 Å². The molecule has 2 N–H and O–H groups in total. The van der Waals surface area contributed by atoms with Crippen molar-refractivity contribution in [3.8, 4) is 0 Å². The van der Waals surface area contributed by atoms with Gasteiger partial charge in [-0.25, -0.2) is 9.97 Å². The first-order valence-electron chi connectivity index (χ1n) is 7.60. The van der Waals surface area contributed by atoms with Gasteiger partial charge in [0.25, 0.3) is 5.91 Å². The molecule has 0 saturated heterocycles. The van der Waals surface area contributed by atoms with Crippen LogP contribution in [-0.4, -0.2) is 21.9 Å². The third-order valence-corrected chi connectivity index (χ3v) is 3.64. The summed E-state index contributed by atoms with van der Waals surface area (Å²) in [6, 6.07) is 12.2. The first kappa shape index (κ1) is 14.5. The summed E-state index contributed by atoms with van der Waals surface area (Å²) in [5.41, 5.74) is 2.34. The molecule has 1 aromatic heterocycles. The maximum atomic E-state index is 12.1. The first-order valence-corrected chi connectivity index (χ1v) is 7.60. The van der Waals surface area contributed by atoms with Crippen LogP contribution in [0.15, 0.2) is 36.4 Å². The van der Waals surface area contributed by atoms with E-state index in [0.717, 1.165) is 24.1 Å². The molecule has 5 nitrogen and oxygen atoms in total. The van der Waals surface area contributed by atoms with Crippen LogP contribution in [0.4, 0.5) is 5.95 Å². The predicted molar refractivity (Wildman–Crippen MR) is 85.7 cm³/mol. The average molecular weight is 296 g/mol. The highest BCUT2D eigenvalue weighted by Crippen LogP contribution is 2.20. The largest absolute Gasteiger partial charge is 0.348 e. The van der Waals surface area contributed by atoms with E-state index in [1.54, 1.807) is 6.07 Å². The Bertz CT molecular complexity index is 668. The zero-order valence-electron chi connectivity index (χ0n) is 12.8. The zero-order valence-corrected chi connectivity index (χ0v) is 12.8. The van der Waals surface area contributed by atoms with Crippen molar-refractivity contribution in [2.45, 2.75) is 38.8 Å². The third-order valence-electron chi connectivity index (χ3n) is 3.64. The van der Waals surface area contributed by atoms with Crippen LogP contribution in [0.25, 0.3) is 0 Å². The van der Waals surface area contributed by atoms with Crippen molar-refractivity contribution in [1.82, 2.24) is 15.3 Å². The number of anilines is 1. The number of aryl methyl sites for hydroxylation is 1. The van der Waals surface area contributed by atoms with Gasteiger partial charge in [0.1, 0.15) is 5.69 Å². The summed E-state index contributed by atoms with van der Waals surface area (Å²) >= 11 is 0. The van der Waals surface area contributed by atoms with Gasteiger partial charge >= 0.3 is 0 Å². The molecule has 3 rings (SSSR count). The molecule has 1 aliphatic carbocycles. The Morgan fingerprint density at radius 1 is 1.23 bits per heavy atom. The molecule has 0 radical (unpaired) electrons. The highest BCUT2D eigenvalue weighted by Gasteiger charge is 2.24. The van der Waals surface area contributed by atoms with Gasteiger partial charge in [0.05, 0.1) is 6.04 Å². The standard InChI is InChI=1S/C17H20N4O/c1-11-10-15(16(22)20-14-8-9-14)21-17(18-11)19-12(2)13-6-4-3-5-7-13/h3-7,10,12,14H,8-9H2,1-2H3,(H,20,22)(H,18,19,21). The van der Waals surface area contributed by atoms with Crippen molar-refractivity contribution < 1.29 is 4.79 Å². The van der Waals surface area contributed by atoms with Crippen LogP contribution in [0.3, 0.4) is 0 Å². The fourth-order valence-corrected chi connectivity index (χ4v) is 2.26. The quantitative estimate of drug-likeness (QED) is 0.890. The Balaban J connectivity index is 1.75. The lowest BCUT2D eigenvalue weighted by Gasteiger charge is -2.15. The lowest BCUT2D eigenvalue weighted by atomic mass is 10.1. The Morgan fingerprint density at radius 3 is 2.64 bits per heavy atom. The minimum absolute atomic E-state index is 0.0716. The Labute approximate surface area is 130 Å². The molecule has 0 aliphatic heterocycles. The van der Waals surface area contributed by atoms with Crippen molar-refractivity contribution in [1.29, 1.82) is 0 Å². The second-order valence-corrected chi connectivity index (χ2v) is 5.74. The molecular weight excluding hydrogens is 276 g/mol. The van der Waals surface area contributed by atoms with Gasteiger partial charge in [0.2, 0.25) is 5.95 Å². The number of hydrogen-bond donors (Lipinski definition) is 2. The summed E-state index contributed by atoms with van der Waals surface area (Å²) in [6.45, 7) is 3.92. The molecule has 1 unspecified atom stereocenters. The third kappa shape index (κ3) is 3.61. The molecule has 1 aromatic carbocycles. The molecule has 2 aromatic rings. The van der Waals surface area contributed by atoms with E-state index in [2.05, 4.69) is 20.6 Å². The highest BCUT2D eigenvalue weighted by molar-refractivity contribution is 5.93. The highest BCUT2D eigenvalue weighted by atomic mass is 16.2. The molecule has 1 aliphatic rings. The van der Waals surface area contributed by atoms with Crippen LogP contribution >= 0.6 is 0 Å². The van der Waals surface area contributed by atoms with E-state index in [-0.39, 0.29) is 11.9 Å². The Hall–Kier alpha value is -2.43. The van der Waals surface area contributed by atoms with Crippen LogP contribution in [0.2, 0.25) is 0 Å². The van der Waals surface area contributed by atoms with Gasteiger partial charge in [0.15, 0.2) is 0 Å². The van der Waals surface area contributed by atoms with Gasteiger partial charge in [-0.3, -0.25) is 4.79 Å². The molecule has 1 atom stereocenters. The van der Waals surface area contributed by atoms with Crippen LogP contribution in [0, 0.1) is 6.92 Å². The fraction of sp³-hybridized carbons (Fsp3) is 0.353. The predicted octanol–water partition coefficient (Wildman–Crippen LogP) is 2.85. The molecule has 5 heteroatoms. The number of aromatic nitrogens is 2. The molecule has 22 heavy (non-hydrogen) atoms. The molecule has 114 valence electrons. The van der Waals surface area contributed by atoms with Gasteiger partial charge in [-0.15, -0.1) is 0 Å². The van der Waals surface area contributed by atoms with E-state index in [4.69, 9.17) is 0 Å². The molecule has 1 heterocycles. The van der Waals surface area contributed by atoms with E-state index in [1.807, 2.05) is 44.2 Å². The molecule has 1 amide bonds. The average Bonchev–Trinajstić information content (AvgIpc) is 3.31. The maximum Gasteiger partial charge on any atom is 0.270 e. The number of nitrogens with one attached hydrogen (secondary N) is 2. The summed E-state index contributed by atoms with van der Waals surface area (Å²) < 4.78 is 0. The van der Waals surface area contributed by atoms with E-state index in [1.165, 1.54) is 0 Å². The van der Waals surface area contributed by atoms with Gasteiger partial charge in [-0.05, 0) is 38.3 Å². The van der Waals surface area contributed by atoms with Crippen molar-refractivity contribution in [3.05, 3.63) is 53.3 Å². The first-order chi connectivity index (χ1) is 10.6. The van der Waals surface area contributed by atoms with Crippen molar-refractivity contribution >= 4 is 11.9 Å². The lowest BCUT2D eigenvalue weighted by Crippen LogP contribution is -2.27. The minimum atomic E-state index is -0.122. The van der Waals surface area contributed by atoms with E-state index >= 15 is 0 Å². The van der Waals surface area contributed by atoms with Crippen LogP contribution in [-0.2, 0) is 0 Å². The van der Waals surface area contributed by atoms with Crippen molar-refractivity contribution in [2.24, 2.45) is 0 Å². The maximum absolute atomic E-state index is 12.1. The monoisotopic (exact) mass is 296 g/mol. The second kappa shape index (κ2) is 6.13. The van der Waals surface area contributed by atoms with E-state index in [9.17, 15) is 4.79 Å². The number of carbonyl (C=O) groups excluding carboxylic acids is 1. The normalized spacial score (nSPS) is 15.2. The molecule has 1 fully saturated rings. The van der Waals surface area contributed by atoms with Crippen LogP contribution < -0.4 is 10.6 Å². The smallest absolute Gasteiger partial charge is 0.270 e. The minimum Gasteiger partial charge on any atom is -0.348 e. The number of carbonyl (C=O) groups is 1. The molecule has 0 bridgehead atoms. The summed E-state index contributed by atoms with van der Waals surface area (Å²) in [6.07, 6.45) is 2.12. The summed E-state index contributed by atoms with van der Waals surface area (Å²) in [7, 11) is 0. The number of benzene rings is 1. The van der Waals surface area contributed by atoms with E-state index in [0.29, 0.717) is 17.7 Å². The topological polar surface area (TPSA) is 66.9 Å². The summed E-state index contributed by atoms with van der Waals surface area (Å²) in [5.74, 6) is 0.362. The van der Waals surface area contributed by atoms with Gasteiger partial charge < -0.3 is 10.6 Å². The number of hydrogen-bond acceptors (Lipinski definition) is 4. The number of amides is 1. The van der Waals surface area contributed by atoms with Gasteiger partial charge in [-0.2, -0.15) is 0 Å². The molecule has 1 saturated carbocycles. The van der Waals surface area contributed by atoms with E-state index < -0.39 is 0 Å². The van der Waals surface area contributed by atoms with Crippen LogP contribution in [0.1, 0.15) is 47.6 Å². The van der Waals surface area contributed by atoms with Gasteiger partial charge in [0, 0.05) is 11.7 Å². The molecule has 0 spiro atoms. The lowest BCUT2D eigenvalue weighted by molar-refractivity contribution is 0.0946. The fourth-order valence-electron chi connectivity index (χ4n) is 2.26. The van der Waals surface area contributed by atoms with Gasteiger partial charge in [-0.1, -0.05) is 30.3 Å². The zero-order chi connectivity index (χ0) is 15.5. The Kier molecular flexibility index (Phi) is 4.04. The number of nitrogens with zero attached hydrogens (tertiary/aromatic N) is 2. The second-order valence-electron chi connectivity index (χ2n) is 5.74. The number of rotatable bonds is 5. The van der Waals surface area contributed by atoms with Crippen LogP contribution in [0.5, 0.6) is 0 Å².